The van der Waals surface area contributed by atoms with Crippen molar-refractivity contribution in [3.05, 3.63) is 83.4 Å². The van der Waals surface area contributed by atoms with Gasteiger partial charge in [-0.2, -0.15) is 0 Å². The zero-order valence-electron chi connectivity index (χ0n) is 14.2. The lowest BCUT2D eigenvalue weighted by Gasteiger charge is -2.12. The van der Waals surface area contributed by atoms with Crippen molar-refractivity contribution < 1.29 is 13.4 Å². The molecule has 0 fully saturated rings. The summed E-state index contributed by atoms with van der Waals surface area (Å²) in [5.41, 5.74) is 6.64. The third-order valence-electron chi connectivity index (χ3n) is 5.62. The molecule has 0 amide bonds. The molecule has 1 nitrogen and oxygen atoms in total. The molecule has 3 aromatic rings. The molecule has 2 heterocycles. The second kappa shape index (κ2) is 6.10. The van der Waals surface area contributed by atoms with Crippen LogP contribution in [-0.2, 0) is 17.7 Å². The molecule has 0 atom stereocenters. The topological polar surface area (TPSA) is 9.23 Å². The van der Waals surface area contributed by atoms with Crippen LogP contribution in [0.1, 0.15) is 11.1 Å². The van der Waals surface area contributed by atoms with Crippen LogP contribution in [0, 0.1) is 11.6 Å². The summed E-state index contributed by atoms with van der Waals surface area (Å²) in [6.45, 7) is 0.635. The van der Waals surface area contributed by atoms with Gasteiger partial charge < -0.3 is 4.65 Å². The maximum Gasteiger partial charge on any atom is 0.362 e. The lowest BCUT2D eigenvalue weighted by Crippen LogP contribution is -2.44. The summed E-state index contributed by atoms with van der Waals surface area (Å²) in [6.07, 6.45) is 1.93. The van der Waals surface area contributed by atoms with Crippen LogP contribution in [0.25, 0.3) is 0 Å². The van der Waals surface area contributed by atoms with Crippen LogP contribution in [0.15, 0.2) is 60.7 Å². The summed E-state index contributed by atoms with van der Waals surface area (Å²) in [5, 5.41) is 0. The van der Waals surface area contributed by atoms with Crippen molar-refractivity contribution in [3.63, 3.8) is 0 Å². The molecule has 0 N–H and O–H groups in total. The first-order valence-corrected chi connectivity index (χ1v) is 8.97. The van der Waals surface area contributed by atoms with Crippen molar-refractivity contribution in [1.82, 2.24) is 0 Å². The molecule has 5 heteroatoms. The molecule has 0 spiro atoms. The highest BCUT2D eigenvalue weighted by molar-refractivity contribution is 6.86. The minimum Gasteiger partial charge on any atom is -0.423 e. The standard InChI is InChI=1S/C21H16B2F2O/c24-18-5-7-20-14(11-18)9-10-22(20)16-1-3-17(4-2-16)23-21-8-6-19(25)12-15(21)13-26-23/h1-8,11-12H,9-10,13H2. The smallest absolute Gasteiger partial charge is 0.362 e. The van der Waals surface area contributed by atoms with Gasteiger partial charge in [0, 0.05) is 0 Å². The highest BCUT2D eigenvalue weighted by Crippen LogP contribution is 2.16. The predicted molar refractivity (Wildman–Crippen MR) is 103 cm³/mol. The Morgan fingerprint density at radius 2 is 1.38 bits per heavy atom. The van der Waals surface area contributed by atoms with Crippen molar-refractivity contribution in [2.45, 2.75) is 19.3 Å². The van der Waals surface area contributed by atoms with E-state index >= 15 is 0 Å². The van der Waals surface area contributed by atoms with Gasteiger partial charge in [-0.1, -0.05) is 59.2 Å². The van der Waals surface area contributed by atoms with Gasteiger partial charge in [0.2, 0.25) is 6.71 Å². The zero-order chi connectivity index (χ0) is 17.7. The molecule has 2 aliphatic rings. The summed E-state index contributed by atoms with van der Waals surface area (Å²) < 4.78 is 32.7. The quantitative estimate of drug-likeness (QED) is 0.644. The first-order chi connectivity index (χ1) is 12.7. The summed E-state index contributed by atoms with van der Waals surface area (Å²) >= 11 is 0. The first-order valence-electron chi connectivity index (χ1n) is 8.97. The van der Waals surface area contributed by atoms with Gasteiger partial charge in [0.05, 0.1) is 6.61 Å². The van der Waals surface area contributed by atoms with Crippen molar-refractivity contribution >= 4 is 35.5 Å². The summed E-state index contributed by atoms with van der Waals surface area (Å²) in [6, 6.07) is 18.5. The molecule has 126 valence electrons. The first kappa shape index (κ1) is 15.8. The van der Waals surface area contributed by atoms with E-state index in [0.29, 0.717) is 13.3 Å². The van der Waals surface area contributed by atoms with Crippen LogP contribution in [0.3, 0.4) is 0 Å². The molecule has 0 aliphatic carbocycles. The molecule has 3 aromatic carbocycles. The van der Waals surface area contributed by atoms with Crippen LogP contribution in [0.2, 0.25) is 6.32 Å². The molecule has 0 radical (unpaired) electrons. The van der Waals surface area contributed by atoms with Crippen LogP contribution in [0.5, 0.6) is 0 Å². The van der Waals surface area contributed by atoms with E-state index in [0.717, 1.165) is 34.8 Å². The van der Waals surface area contributed by atoms with Crippen LogP contribution in [0.4, 0.5) is 8.78 Å². The summed E-state index contributed by atoms with van der Waals surface area (Å²) in [7, 11) is 0. The number of fused-ring (bicyclic) bond motifs is 2. The van der Waals surface area contributed by atoms with Crippen molar-refractivity contribution in [2.75, 3.05) is 0 Å². The molecule has 0 saturated heterocycles. The van der Waals surface area contributed by atoms with E-state index in [4.69, 9.17) is 4.65 Å². The molecular formula is C21H16B2F2O. The highest BCUT2D eigenvalue weighted by atomic mass is 19.1. The van der Waals surface area contributed by atoms with Crippen LogP contribution < -0.4 is 21.9 Å². The third-order valence-corrected chi connectivity index (χ3v) is 5.62. The Kier molecular flexibility index (Phi) is 3.71. The SMILES string of the molecule is Fc1ccc2c(c1)CCB2c1ccc(B2OCc3cc(F)ccc32)cc1. The van der Waals surface area contributed by atoms with E-state index in [1.807, 2.05) is 12.1 Å². The van der Waals surface area contributed by atoms with Crippen molar-refractivity contribution in [3.8, 4) is 0 Å². The van der Waals surface area contributed by atoms with Gasteiger partial charge in [0.15, 0.2) is 0 Å². The monoisotopic (exact) mass is 344 g/mol. The molecule has 0 aromatic heterocycles. The van der Waals surface area contributed by atoms with Gasteiger partial charge in [-0.15, -0.1) is 0 Å². The van der Waals surface area contributed by atoms with Gasteiger partial charge >= 0.3 is 6.92 Å². The van der Waals surface area contributed by atoms with Gasteiger partial charge in [0.25, 0.3) is 0 Å². The fourth-order valence-electron chi connectivity index (χ4n) is 4.33. The van der Waals surface area contributed by atoms with E-state index in [1.54, 1.807) is 18.2 Å². The van der Waals surface area contributed by atoms with E-state index < -0.39 is 0 Å². The van der Waals surface area contributed by atoms with Gasteiger partial charge in [-0.25, -0.2) is 8.78 Å². The fraction of sp³-hybridized carbons (Fsp3) is 0.143. The number of halogens is 2. The Hall–Kier alpha value is -2.39. The van der Waals surface area contributed by atoms with Gasteiger partial charge in [-0.05, 0) is 47.2 Å². The Balaban J connectivity index is 1.43. The largest absolute Gasteiger partial charge is 0.423 e. The van der Waals surface area contributed by atoms with E-state index in [-0.39, 0.29) is 18.6 Å². The Morgan fingerprint density at radius 1 is 0.731 bits per heavy atom. The average molecular weight is 344 g/mol. The second-order valence-electron chi connectivity index (χ2n) is 7.14. The number of benzene rings is 3. The minimum absolute atomic E-state index is 0.135. The molecule has 0 saturated carbocycles. The second-order valence-corrected chi connectivity index (χ2v) is 7.14. The lowest BCUT2D eigenvalue weighted by molar-refractivity contribution is 0.336. The van der Waals surface area contributed by atoms with Gasteiger partial charge in [0.1, 0.15) is 11.6 Å². The number of hydrogen-bond acceptors (Lipinski definition) is 1. The minimum atomic E-state index is -0.223. The summed E-state index contributed by atoms with van der Waals surface area (Å²) in [5.74, 6) is -0.382. The Bertz CT molecular complexity index is 907. The number of rotatable bonds is 2. The maximum absolute atomic E-state index is 13.4. The fourth-order valence-corrected chi connectivity index (χ4v) is 4.33. The predicted octanol–water partition coefficient (Wildman–Crippen LogP) is 1.77. The van der Waals surface area contributed by atoms with Crippen molar-refractivity contribution in [2.24, 2.45) is 0 Å². The molecule has 26 heavy (non-hydrogen) atoms. The molecule has 0 bridgehead atoms. The Labute approximate surface area is 152 Å². The van der Waals surface area contributed by atoms with Crippen molar-refractivity contribution in [1.29, 1.82) is 0 Å². The molecular weight excluding hydrogens is 328 g/mol. The lowest BCUT2D eigenvalue weighted by atomic mass is 9.41. The average Bonchev–Trinajstić information content (AvgIpc) is 3.25. The normalized spacial score (nSPS) is 15.3. The molecule has 2 aliphatic heterocycles. The maximum atomic E-state index is 13.4. The summed E-state index contributed by atoms with van der Waals surface area (Å²) in [4.78, 5) is 0. The number of hydrogen-bond donors (Lipinski definition) is 0. The molecule has 5 rings (SSSR count). The third kappa shape index (κ3) is 2.58. The Morgan fingerprint density at radius 3 is 2.15 bits per heavy atom. The van der Waals surface area contributed by atoms with E-state index in [1.165, 1.54) is 17.0 Å². The van der Waals surface area contributed by atoms with E-state index in [2.05, 4.69) is 24.3 Å². The van der Waals surface area contributed by atoms with Crippen LogP contribution >= 0.6 is 0 Å². The van der Waals surface area contributed by atoms with Crippen LogP contribution in [-0.4, -0.2) is 13.6 Å². The number of aryl methyl sites for hydroxylation is 1. The highest BCUT2D eigenvalue weighted by Gasteiger charge is 2.31. The van der Waals surface area contributed by atoms with E-state index in [9.17, 15) is 8.78 Å². The molecule has 0 unspecified atom stereocenters. The zero-order valence-corrected chi connectivity index (χ0v) is 14.2. The van der Waals surface area contributed by atoms with Gasteiger partial charge in [-0.3, -0.25) is 0 Å².